The van der Waals surface area contributed by atoms with Crippen LogP contribution >= 0.6 is 0 Å². The van der Waals surface area contributed by atoms with E-state index in [2.05, 4.69) is 20.6 Å². The summed E-state index contributed by atoms with van der Waals surface area (Å²) in [5, 5.41) is 6.28. The van der Waals surface area contributed by atoms with Crippen LogP contribution in [-0.4, -0.2) is 17.0 Å². The molecule has 1 aromatic rings. The standard InChI is InChI=1S/C7H12N4/c1-8-4-7-10-5-2-9-3-6(5)11-7/h8-9H,2-4H2,1H3,(H,10,11). The molecule has 0 aromatic carbocycles. The Morgan fingerprint density at radius 1 is 1.55 bits per heavy atom. The van der Waals surface area contributed by atoms with E-state index in [0.29, 0.717) is 0 Å². The van der Waals surface area contributed by atoms with Crippen molar-refractivity contribution in [3.63, 3.8) is 0 Å². The van der Waals surface area contributed by atoms with Crippen molar-refractivity contribution >= 4 is 0 Å². The van der Waals surface area contributed by atoms with Gasteiger partial charge in [0.25, 0.3) is 0 Å². The second-order valence-corrected chi connectivity index (χ2v) is 2.74. The van der Waals surface area contributed by atoms with E-state index in [9.17, 15) is 0 Å². The molecule has 4 nitrogen and oxygen atoms in total. The van der Waals surface area contributed by atoms with Crippen molar-refractivity contribution in [1.82, 2.24) is 20.6 Å². The van der Waals surface area contributed by atoms with E-state index >= 15 is 0 Å². The first-order chi connectivity index (χ1) is 5.40. The molecule has 0 saturated carbocycles. The van der Waals surface area contributed by atoms with E-state index in [1.54, 1.807) is 0 Å². The van der Waals surface area contributed by atoms with Crippen molar-refractivity contribution in [3.8, 4) is 0 Å². The van der Waals surface area contributed by atoms with E-state index < -0.39 is 0 Å². The minimum absolute atomic E-state index is 0.826. The lowest BCUT2D eigenvalue weighted by Crippen LogP contribution is -2.09. The maximum absolute atomic E-state index is 4.40. The number of hydrogen-bond donors (Lipinski definition) is 3. The third-order valence-electron chi connectivity index (χ3n) is 1.85. The highest BCUT2D eigenvalue weighted by atomic mass is 15.1. The van der Waals surface area contributed by atoms with Crippen molar-refractivity contribution in [2.45, 2.75) is 19.6 Å². The third-order valence-corrected chi connectivity index (χ3v) is 1.85. The van der Waals surface area contributed by atoms with Gasteiger partial charge in [-0.25, -0.2) is 4.98 Å². The minimum atomic E-state index is 0.826. The molecule has 0 radical (unpaired) electrons. The number of fused-ring (bicyclic) bond motifs is 1. The molecule has 0 aliphatic carbocycles. The van der Waals surface area contributed by atoms with Crippen molar-refractivity contribution in [2.24, 2.45) is 0 Å². The summed E-state index contributed by atoms with van der Waals surface area (Å²) >= 11 is 0. The SMILES string of the molecule is CNCc1nc2c([nH]1)CNC2. The van der Waals surface area contributed by atoms with Crippen LogP contribution in [0.5, 0.6) is 0 Å². The van der Waals surface area contributed by atoms with Gasteiger partial charge in [0.2, 0.25) is 0 Å². The molecule has 0 spiro atoms. The van der Waals surface area contributed by atoms with Gasteiger partial charge < -0.3 is 15.6 Å². The van der Waals surface area contributed by atoms with Gasteiger partial charge in [0.05, 0.1) is 17.9 Å². The van der Waals surface area contributed by atoms with Crippen LogP contribution in [0, 0.1) is 0 Å². The lowest BCUT2D eigenvalue weighted by molar-refractivity contribution is 0.713. The Balaban J connectivity index is 2.20. The van der Waals surface area contributed by atoms with E-state index in [-0.39, 0.29) is 0 Å². The lowest BCUT2D eigenvalue weighted by Gasteiger charge is -1.93. The molecule has 60 valence electrons. The summed E-state index contributed by atoms with van der Waals surface area (Å²) < 4.78 is 0. The molecule has 0 saturated heterocycles. The number of nitrogens with zero attached hydrogens (tertiary/aromatic N) is 1. The molecule has 2 rings (SSSR count). The van der Waals surface area contributed by atoms with Crippen molar-refractivity contribution in [3.05, 3.63) is 17.2 Å². The summed E-state index contributed by atoms with van der Waals surface area (Å²) in [6, 6.07) is 0. The van der Waals surface area contributed by atoms with Crippen LogP contribution < -0.4 is 10.6 Å². The molecular formula is C7H12N4. The highest BCUT2D eigenvalue weighted by Gasteiger charge is 2.14. The molecule has 1 aliphatic rings. The highest BCUT2D eigenvalue weighted by molar-refractivity contribution is 5.18. The first-order valence-corrected chi connectivity index (χ1v) is 3.82. The molecule has 4 heteroatoms. The predicted molar refractivity (Wildman–Crippen MR) is 41.9 cm³/mol. The van der Waals surface area contributed by atoms with Gasteiger partial charge in [-0.15, -0.1) is 0 Å². The minimum Gasteiger partial charge on any atom is -0.343 e. The van der Waals surface area contributed by atoms with Gasteiger partial charge in [-0.05, 0) is 7.05 Å². The summed E-state index contributed by atoms with van der Waals surface area (Å²) in [5.41, 5.74) is 2.42. The number of imidazole rings is 1. The number of hydrogen-bond acceptors (Lipinski definition) is 3. The molecule has 1 aliphatic heterocycles. The zero-order chi connectivity index (χ0) is 7.68. The molecule has 0 amide bonds. The van der Waals surface area contributed by atoms with Crippen molar-refractivity contribution in [2.75, 3.05) is 7.05 Å². The van der Waals surface area contributed by atoms with Crippen LogP contribution in [0.2, 0.25) is 0 Å². The third kappa shape index (κ3) is 1.15. The van der Waals surface area contributed by atoms with E-state index in [1.165, 1.54) is 11.4 Å². The summed E-state index contributed by atoms with van der Waals surface area (Å²) in [6.07, 6.45) is 0. The molecule has 0 fully saturated rings. The van der Waals surface area contributed by atoms with Gasteiger partial charge in [0.15, 0.2) is 0 Å². The summed E-state index contributed by atoms with van der Waals surface area (Å²) in [4.78, 5) is 7.66. The molecule has 0 atom stereocenters. The second-order valence-electron chi connectivity index (χ2n) is 2.74. The molecule has 11 heavy (non-hydrogen) atoms. The average molecular weight is 152 g/mol. The average Bonchev–Trinajstić information content (AvgIpc) is 2.46. The molecule has 3 N–H and O–H groups in total. The normalized spacial score (nSPS) is 15.4. The fourth-order valence-electron chi connectivity index (χ4n) is 1.35. The van der Waals surface area contributed by atoms with Gasteiger partial charge >= 0.3 is 0 Å². The summed E-state index contributed by atoms with van der Waals surface area (Å²) in [6.45, 7) is 2.68. The van der Waals surface area contributed by atoms with Crippen LogP contribution in [-0.2, 0) is 19.6 Å². The first-order valence-electron chi connectivity index (χ1n) is 3.82. The summed E-state index contributed by atoms with van der Waals surface area (Å²) in [5.74, 6) is 1.04. The van der Waals surface area contributed by atoms with Gasteiger partial charge in [-0.1, -0.05) is 0 Å². The largest absolute Gasteiger partial charge is 0.343 e. The van der Waals surface area contributed by atoms with E-state index in [4.69, 9.17) is 0 Å². The Bertz CT molecular complexity index is 231. The Labute approximate surface area is 65.4 Å². The van der Waals surface area contributed by atoms with Crippen molar-refractivity contribution < 1.29 is 0 Å². The summed E-state index contributed by atoms with van der Waals surface area (Å²) in [7, 11) is 1.92. The lowest BCUT2D eigenvalue weighted by atomic mass is 10.4. The molecule has 2 heterocycles. The highest BCUT2D eigenvalue weighted by Crippen LogP contribution is 2.11. The number of nitrogens with one attached hydrogen (secondary N) is 3. The molecule has 0 bridgehead atoms. The molecular weight excluding hydrogens is 140 g/mol. The number of aromatic nitrogens is 2. The van der Waals surface area contributed by atoms with E-state index in [1.807, 2.05) is 7.05 Å². The van der Waals surface area contributed by atoms with Crippen molar-refractivity contribution in [1.29, 1.82) is 0 Å². The first kappa shape index (κ1) is 6.82. The van der Waals surface area contributed by atoms with Crippen LogP contribution in [0.25, 0.3) is 0 Å². The number of H-pyrrole nitrogens is 1. The Morgan fingerprint density at radius 3 is 3.18 bits per heavy atom. The van der Waals surface area contributed by atoms with Gasteiger partial charge in [0, 0.05) is 13.1 Å². The van der Waals surface area contributed by atoms with Crippen LogP contribution in [0.4, 0.5) is 0 Å². The van der Waals surface area contributed by atoms with Gasteiger partial charge in [-0.2, -0.15) is 0 Å². The van der Waals surface area contributed by atoms with Crippen LogP contribution in [0.15, 0.2) is 0 Å². The molecule has 0 unspecified atom stereocenters. The predicted octanol–water partition coefficient (Wildman–Crippen LogP) is -0.268. The van der Waals surface area contributed by atoms with Crippen LogP contribution in [0.3, 0.4) is 0 Å². The monoisotopic (exact) mass is 152 g/mol. The Morgan fingerprint density at radius 2 is 2.45 bits per heavy atom. The Kier molecular flexibility index (Phi) is 1.63. The zero-order valence-electron chi connectivity index (χ0n) is 6.57. The van der Waals surface area contributed by atoms with Gasteiger partial charge in [-0.3, -0.25) is 0 Å². The number of aromatic amines is 1. The quantitative estimate of drug-likeness (QED) is 0.547. The zero-order valence-corrected chi connectivity index (χ0v) is 6.57. The fraction of sp³-hybridized carbons (Fsp3) is 0.571. The maximum atomic E-state index is 4.40. The fourth-order valence-corrected chi connectivity index (χ4v) is 1.35. The topological polar surface area (TPSA) is 52.7 Å². The maximum Gasteiger partial charge on any atom is 0.120 e. The van der Waals surface area contributed by atoms with Gasteiger partial charge in [0.1, 0.15) is 5.82 Å². The van der Waals surface area contributed by atoms with E-state index in [0.717, 1.165) is 25.5 Å². The smallest absolute Gasteiger partial charge is 0.120 e. The second kappa shape index (κ2) is 2.64. The molecule has 1 aromatic heterocycles. The number of rotatable bonds is 2. The van der Waals surface area contributed by atoms with Crippen LogP contribution in [0.1, 0.15) is 17.2 Å². The Hall–Kier alpha value is -0.870.